The van der Waals surface area contributed by atoms with Crippen molar-refractivity contribution in [3.8, 4) is 0 Å². The first-order valence-corrected chi connectivity index (χ1v) is 7.15. The van der Waals surface area contributed by atoms with Crippen molar-refractivity contribution in [1.82, 2.24) is 10.6 Å². The first-order valence-electron chi connectivity index (χ1n) is 7.15. The van der Waals surface area contributed by atoms with Crippen LogP contribution in [0, 0.1) is 11.3 Å². The zero-order valence-corrected chi connectivity index (χ0v) is 12.5. The van der Waals surface area contributed by atoms with Crippen molar-refractivity contribution in [2.75, 3.05) is 19.8 Å². The molecule has 3 atom stereocenters. The number of hydrogen-bond donors (Lipinski definition) is 3. The number of carbonyl (C=O) groups excluding carboxylic acids is 1. The minimum absolute atomic E-state index is 0.0267. The van der Waals surface area contributed by atoms with E-state index < -0.39 is 0 Å². The van der Waals surface area contributed by atoms with Gasteiger partial charge in [0.05, 0.1) is 18.8 Å². The molecule has 1 heterocycles. The van der Waals surface area contributed by atoms with Gasteiger partial charge in [0.15, 0.2) is 0 Å². The summed E-state index contributed by atoms with van der Waals surface area (Å²) in [6.07, 6.45) is 1.90. The Balaban J connectivity index is 2.37. The molecular formula is C14H28N2O3. The number of aliphatic hydroxyl groups is 1. The van der Waals surface area contributed by atoms with E-state index in [1.807, 2.05) is 6.92 Å². The number of nitrogens with one attached hydrogen (secondary N) is 2. The molecular weight excluding hydrogens is 244 g/mol. The third kappa shape index (κ3) is 4.99. The largest absolute Gasteiger partial charge is 0.394 e. The summed E-state index contributed by atoms with van der Waals surface area (Å²) >= 11 is 0. The highest BCUT2D eigenvalue weighted by molar-refractivity contribution is 5.74. The summed E-state index contributed by atoms with van der Waals surface area (Å²) in [5, 5.41) is 14.7. The van der Waals surface area contributed by atoms with E-state index in [4.69, 9.17) is 9.84 Å². The molecule has 0 aromatic heterocycles. The van der Waals surface area contributed by atoms with E-state index in [2.05, 4.69) is 31.4 Å². The van der Waals surface area contributed by atoms with Crippen molar-refractivity contribution in [2.45, 2.75) is 52.7 Å². The van der Waals surface area contributed by atoms with Gasteiger partial charge in [-0.15, -0.1) is 0 Å². The summed E-state index contributed by atoms with van der Waals surface area (Å²) in [7, 11) is 0. The molecule has 0 radical (unpaired) electrons. The molecule has 3 N–H and O–H groups in total. The Morgan fingerprint density at radius 2 is 2.16 bits per heavy atom. The molecule has 0 saturated carbocycles. The molecule has 2 amide bonds. The van der Waals surface area contributed by atoms with Gasteiger partial charge in [-0.2, -0.15) is 0 Å². The molecule has 1 aliphatic heterocycles. The fraction of sp³-hybridized carbons (Fsp3) is 0.929. The van der Waals surface area contributed by atoms with Crippen LogP contribution in [0.5, 0.6) is 0 Å². The highest BCUT2D eigenvalue weighted by atomic mass is 16.5. The van der Waals surface area contributed by atoms with Gasteiger partial charge < -0.3 is 20.5 Å². The molecule has 5 heteroatoms. The second-order valence-electron chi connectivity index (χ2n) is 6.35. The molecule has 0 unspecified atom stereocenters. The topological polar surface area (TPSA) is 70.6 Å². The van der Waals surface area contributed by atoms with Gasteiger partial charge >= 0.3 is 6.03 Å². The summed E-state index contributed by atoms with van der Waals surface area (Å²) < 4.78 is 5.77. The van der Waals surface area contributed by atoms with E-state index in [0.717, 1.165) is 19.4 Å². The highest BCUT2D eigenvalue weighted by Gasteiger charge is 2.37. The van der Waals surface area contributed by atoms with E-state index in [-0.39, 0.29) is 30.2 Å². The maximum absolute atomic E-state index is 11.7. The molecule has 1 aliphatic rings. The van der Waals surface area contributed by atoms with Gasteiger partial charge in [0.2, 0.25) is 0 Å². The fourth-order valence-electron chi connectivity index (χ4n) is 2.54. The van der Waals surface area contributed by atoms with E-state index in [1.165, 1.54) is 0 Å². The summed E-state index contributed by atoms with van der Waals surface area (Å²) in [6.45, 7) is 9.78. The van der Waals surface area contributed by atoms with Crippen molar-refractivity contribution < 1.29 is 14.6 Å². The van der Waals surface area contributed by atoms with E-state index >= 15 is 0 Å². The summed E-state index contributed by atoms with van der Waals surface area (Å²) in [6, 6.07) is -0.376. The Morgan fingerprint density at radius 1 is 1.47 bits per heavy atom. The van der Waals surface area contributed by atoms with Crippen LogP contribution in [0.4, 0.5) is 4.79 Å². The van der Waals surface area contributed by atoms with Gasteiger partial charge in [0.1, 0.15) is 0 Å². The van der Waals surface area contributed by atoms with Gasteiger partial charge in [-0.25, -0.2) is 4.79 Å². The lowest BCUT2D eigenvalue weighted by molar-refractivity contribution is 0.00772. The molecule has 0 spiro atoms. The molecule has 0 bridgehead atoms. The first-order chi connectivity index (χ1) is 8.88. The van der Waals surface area contributed by atoms with Gasteiger partial charge in [-0.05, 0) is 18.3 Å². The molecule has 1 rings (SSSR count). The minimum atomic E-state index is -0.208. The van der Waals surface area contributed by atoms with Crippen molar-refractivity contribution in [3.05, 3.63) is 0 Å². The monoisotopic (exact) mass is 272 g/mol. The molecule has 1 saturated heterocycles. The molecule has 1 fully saturated rings. The van der Waals surface area contributed by atoms with Crippen molar-refractivity contribution in [3.63, 3.8) is 0 Å². The number of carbonyl (C=O) groups is 1. The van der Waals surface area contributed by atoms with E-state index in [0.29, 0.717) is 12.5 Å². The van der Waals surface area contributed by atoms with Gasteiger partial charge in [-0.1, -0.05) is 27.7 Å². The summed E-state index contributed by atoms with van der Waals surface area (Å²) in [5.41, 5.74) is 0.0936. The Kier molecular flexibility index (Phi) is 6.07. The van der Waals surface area contributed by atoms with Crippen molar-refractivity contribution in [1.29, 1.82) is 0 Å². The van der Waals surface area contributed by atoms with Crippen LogP contribution in [0.25, 0.3) is 0 Å². The third-order valence-corrected chi connectivity index (χ3v) is 3.64. The molecule has 0 aromatic carbocycles. The van der Waals surface area contributed by atoms with Gasteiger partial charge in [0.25, 0.3) is 0 Å². The molecule has 0 aliphatic carbocycles. The lowest BCUT2D eigenvalue weighted by atomic mass is 9.81. The normalized spacial score (nSPS) is 25.1. The summed E-state index contributed by atoms with van der Waals surface area (Å²) in [5.74, 6) is 0.361. The van der Waals surface area contributed by atoms with Crippen LogP contribution in [-0.4, -0.2) is 43.0 Å². The lowest BCUT2D eigenvalue weighted by Crippen LogP contribution is -2.46. The average molecular weight is 272 g/mol. The van der Waals surface area contributed by atoms with E-state index in [9.17, 15) is 4.79 Å². The van der Waals surface area contributed by atoms with Crippen LogP contribution >= 0.6 is 0 Å². The quantitative estimate of drug-likeness (QED) is 0.710. The van der Waals surface area contributed by atoms with Gasteiger partial charge in [0, 0.05) is 19.1 Å². The van der Waals surface area contributed by atoms with Crippen LogP contribution in [0.15, 0.2) is 0 Å². The molecule has 19 heavy (non-hydrogen) atoms. The smallest absolute Gasteiger partial charge is 0.315 e. The van der Waals surface area contributed by atoms with Crippen molar-refractivity contribution in [2.24, 2.45) is 11.3 Å². The summed E-state index contributed by atoms with van der Waals surface area (Å²) in [4.78, 5) is 11.7. The second kappa shape index (κ2) is 7.10. The number of rotatable bonds is 5. The molecule has 112 valence electrons. The van der Waals surface area contributed by atoms with Crippen LogP contribution in [0.2, 0.25) is 0 Å². The minimum Gasteiger partial charge on any atom is -0.394 e. The number of aliphatic hydroxyl groups excluding tert-OH is 1. The zero-order valence-electron chi connectivity index (χ0n) is 12.5. The van der Waals surface area contributed by atoms with Crippen LogP contribution in [0.1, 0.15) is 40.5 Å². The number of amides is 2. The predicted molar refractivity (Wildman–Crippen MR) is 75.0 cm³/mol. The van der Waals surface area contributed by atoms with E-state index in [1.54, 1.807) is 0 Å². The maximum atomic E-state index is 11.7. The van der Waals surface area contributed by atoms with Crippen LogP contribution in [-0.2, 0) is 4.74 Å². The zero-order chi connectivity index (χ0) is 14.5. The third-order valence-electron chi connectivity index (χ3n) is 3.64. The maximum Gasteiger partial charge on any atom is 0.315 e. The van der Waals surface area contributed by atoms with Crippen molar-refractivity contribution >= 4 is 6.03 Å². The first kappa shape index (κ1) is 16.2. The Hall–Kier alpha value is -0.810. The number of ether oxygens (including phenoxy) is 1. The Bertz CT molecular complexity index is 285. The number of urea groups is 1. The Morgan fingerprint density at radius 3 is 2.68 bits per heavy atom. The van der Waals surface area contributed by atoms with Gasteiger partial charge in [-0.3, -0.25) is 0 Å². The SMILES string of the molecule is CC[C@H](CO)NC(=O)NC[C@H]1CCO[C@@H]1C(C)(C)C. The predicted octanol–water partition coefficient (Wildman–Crippen LogP) is 1.51. The standard InChI is InChI=1S/C14H28N2O3/c1-5-11(9-17)16-13(18)15-8-10-6-7-19-12(10)14(2,3)4/h10-12,17H,5-9H2,1-4H3,(H2,15,16,18)/t10-,11-,12+/m1/s1. The second-order valence-corrected chi connectivity index (χ2v) is 6.35. The van der Waals surface area contributed by atoms with Crippen LogP contribution in [0.3, 0.4) is 0 Å². The highest BCUT2D eigenvalue weighted by Crippen LogP contribution is 2.34. The lowest BCUT2D eigenvalue weighted by Gasteiger charge is -2.31. The molecule has 5 nitrogen and oxygen atoms in total. The average Bonchev–Trinajstić information content (AvgIpc) is 2.81. The fourth-order valence-corrected chi connectivity index (χ4v) is 2.54. The number of hydrogen-bond acceptors (Lipinski definition) is 3. The Labute approximate surface area is 116 Å². The van der Waals surface area contributed by atoms with Crippen LogP contribution < -0.4 is 10.6 Å². The molecule has 0 aromatic rings.